The van der Waals surface area contributed by atoms with Crippen molar-refractivity contribution in [2.75, 3.05) is 13.1 Å². The number of nitrogens with two attached hydrogens (primary N) is 1. The van der Waals surface area contributed by atoms with Crippen LogP contribution in [0.4, 0.5) is 26.3 Å². The van der Waals surface area contributed by atoms with Crippen LogP contribution in [0.25, 0.3) is 22.3 Å². The summed E-state index contributed by atoms with van der Waals surface area (Å²) in [4.78, 5) is 32.1. The first-order chi connectivity index (χ1) is 23.4. The summed E-state index contributed by atoms with van der Waals surface area (Å²) < 4.78 is 97.2. The Hall–Kier alpha value is -4.09. The maximum atomic E-state index is 13.9. The smallest absolute Gasteiger partial charge is 0.388 e. The number of nitrogens with zero attached hydrogens (tertiary/aromatic N) is 5. The zero-order valence-electron chi connectivity index (χ0n) is 27.1. The van der Waals surface area contributed by atoms with E-state index in [1.54, 1.807) is 13.1 Å². The van der Waals surface area contributed by atoms with Crippen LogP contribution in [0.3, 0.4) is 0 Å². The minimum absolute atomic E-state index is 0.00391. The summed E-state index contributed by atoms with van der Waals surface area (Å²) in [6.45, 7) is 1.15. The highest BCUT2D eigenvalue weighted by Crippen LogP contribution is 2.40. The van der Waals surface area contributed by atoms with Gasteiger partial charge in [-0.15, -0.1) is 0 Å². The van der Waals surface area contributed by atoms with E-state index in [-0.39, 0.29) is 54.6 Å². The minimum Gasteiger partial charge on any atom is -0.388 e. The summed E-state index contributed by atoms with van der Waals surface area (Å²) in [6.07, 6.45) is -9.23. The highest BCUT2D eigenvalue weighted by Gasteiger charge is 2.44. The van der Waals surface area contributed by atoms with Crippen molar-refractivity contribution in [1.82, 2.24) is 24.2 Å². The molecule has 1 fully saturated rings. The average Bonchev–Trinajstić information content (AvgIpc) is 3.39. The van der Waals surface area contributed by atoms with Gasteiger partial charge in [0, 0.05) is 37.4 Å². The van der Waals surface area contributed by atoms with Crippen LogP contribution in [-0.4, -0.2) is 75.7 Å². The zero-order valence-corrected chi connectivity index (χ0v) is 27.9. The third-order valence-corrected chi connectivity index (χ3v) is 10.2. The molecule has 1 saturated heterocycles. The SMILES string of the molecule is CC(C[C@H](c1ccc(-c2c3ncn(CC4(O)CCN(C(=O)C[C@H](c5ccccc5)C(F)(F)F)CC4)c(=O)c3nn2C)cc1)C(F)(F)F)S(N)=O. The topological polar surface area (TPSA) is 136 Å². The number of piperidine rings is 1. The number of aromatic nitrogens is 4. The van der Waals surface area contributed by atoms with Gasteiger partial charge in [-0.1, -0.05) is 54.6 Å². The minimum atomic E-state index is -4.63. The van der Waals surface area contributed by atoms with Gasteiger partial charge in [-0.25, -0.2) is 9.19 Å². The summed E-state index contributed by atoms with van der Waals surface area (Å²) >= 11 is 0. The van der Waals surface area contributed by atoms with Crippen molar-refractivity contribution in [3.05, 3.63) is 82.4 Å². The number of aryl methyl sites for hydroxylation is 1. The third kappa shape index (κ3) is 8.10. The van der Waals surface area contributed by atoms with Crippen molar-refractivity contribution < 1.29 is 40.5 Å². The maximum Gasteiger partial charge on any atom is 0.396 e. The molecule has 0 bridgehead atoms. The van der Waals surface area contributed by atoms with E-state index in [9.17, 15) is 45.2 Å². The van der Waals surface area contributed by atoms with Gasteiger partial charge in [-0.05, 0) is 37.3 Å². The zero-order chi connectivity index (χ0) is 36.6. The van der Waals surface area contributed by atoms with Gasteiger partial charge in [0.05, 0.1) is 47.0 Å². The van der Waals surface area contributed by atoms with Gasteiger partial charge in [0.1, 0.15) is 5.52 Å². The van der Waals surface area contributed by atoms with Gasteiger partial charge in [-0.2, -0.15) is 31.4 Å². The van der Waals surface area contributed by atoms with E-state index >= 15 is 0 Å². The molecule has 1 aliphatic heterocycles. The van der Waals surface area contributed by atoms with E-state index in [0.29, 0.717) is 11.3 Å². The number of halogens is 6. The molecular formula is C33H36F6N6O4S. The number of hydrogen-bond acceptors (Lipinski definition) is 6. The molecule has 2 unspecified atom stereocenters. The van der Waals surface area contributed by atoms with Crippen molar-refractivity contribution in [1.29, 1.82) is 0 Å². The lowest BCUT2D eigenvalue weighted by Crippen LogP contribution is -2.50. The molecule has 4 aromatic rings. The Morgan fingerprint density at radius 3 is 2.10 bits per heavy atom. The fourth-order valence-corrected chi connectivity index (χ4v) is 6.73. The van der Waals surface area contributed by atoms with Gasteiger partial charge in [0.2, 0.25) is 5.91 Å². The summed E-state index contributed by atoms with van der Waals surface area (Å²) in [6, 6.07) is 12.7. The molecule has 270 valence electrons. The molecule has 50 heavy (non-hydrogen) atoms. The van der Waals surface area contributed by atoms with Crippen LogP contribution in [0, 0.1) is 0 Å². The maximum absolute atomic E-state index is 13.9. The monoisotopic (exact) mass is 726 g/mol. The lowest BCUT2D eigenvalue weighted by Gasteiger charge is -2.39. The average molecular weight is 727 g/mol. The lowest BCUT2D eigenvalue weighted by atomic mass is 9.89. The molecule has 3 heterocycles. The number of aliphatic hydroxyl groups is 1. The molecule has 1 amide bonds. The molecule has 0 radical (unpaired) electrons. The first-order valence-electron chi connectivity index (χ1n) is 15.7. The Bertz CT molecular complexity index is 1900. The number of carbonyl (C=O) groups is 1. The highest BCUT2D eigenvalue weighted by molar-refractivity contribution is 7.83. The number of fused-ring (bicyclic) bond motifs is 1. The summed E-state index contributed by atoms with van der Waals surface area (Å²) in [5.41, 5.74) is -1.15. The second-order valence-electron chi connectivity index (χ2n) is 12.8. The molecule has 5 rings (SSSR count). The Labute approximate surface area is 285 Å². The van der Waals surface area contributed by atoms with Crippen molar-refractivity contribution in [2.45, 2.75) is 74.2 Å². The predicted octanol–water partition coefficient (Wildman–Crippen LogP) is 4.93. The van der Waals surface area contributed by atoms with Crippen molar-refractivity contribution in [3.63, 3.8) is 0 Å². The highest BCUT2D eigenvalue weighted by atomic mass is 32.2. The number of benzene rings is 2. The molecule has 0 aliphatic carbocycles. The largest absolute Gasteiger partial charge is 0.396 e. The van der Waals surface area contributed by atoms with Gasteiger partial charge in [0.25, 0.3) is 5.56 Å². The Morgan fingerprint density at radius 1 is 0.960 bits per heavy atom. The first-order valence-corrected chi connectivity index (χ1v) is 17.0. The number of rotatable bonds is 10. The molecule has 2 aromatic carbocycles. The van der Waals surface area contributed by atoms with Crippen LogP contribution < -0.4 is 10.7 Å². The summed E-state index contributed by atoms with van der Waals surface area (Å²) in [7, 11) is -0.380. The van der Waals surface area contributed by atoms with Crippen LogP contribution in [0.5, 0.6) is 0 Å². The van der Waals surface area contributed by atoms with E-state index in [1.807, 2.05) is 0 Å². The van der Waals surface area contributed by atoms with Crippen LogP contribution in [0.2, 0.25) is 0 Å². The van der Waals surface area contributed by atoms with E-state index in [4.69, 9.17) is 5.14 Å². The van der Waals surface area contributed by atoms with Gasteiger partial charge >= 0.3 is 12.4 Å². The standard InChI is InChI=1S/C33H36F6N6O4S/c1-20(50(40)49)16-24(32(34,35)36)22-8-10-23(11-9-22)29-27-28(42-43(29)2)30(47)45(19-41-27)18-31(48)12-14-44(15-13-31)26(46)17-25(33(37,38)39)21-6-4-3-5-7-21/h3-11,19-20,24-25,48H,12-18,40H2,1-2H3/t20?,24-,25-,50?/m1/s1. The molecule has 1 aliphatic rings. The number of hydrogen-bond donors (Lipinski definition) is 2. The van der Waals surface area contributed by atoms with Crippen LogP contribution >= 0.6 is 0 Å². The van der Waals surface area contributed by atoms with E-state index in [2.05, 4.69) is 10.1 Å². The van der Waals surface area contributed by atoms with E-state index in [1.165, 1.54) is 75.9 Å². The molecule has 0 saturated carbocycles. The van der Waals surface area contributed by atoms with E-state index in [0.717, 1.165) is 0 Å². The normalized spacial score (nSPS) is 17.8. The fraction of sp³-hybridized carbons (Fsp3) is 0.455. The second kappa shape index (κ2) is 14.3. The molecule has 2 aromatic heterocycles. The van der Waals surface area contributed by atoms with Crippen LogP contribution in [-0.2, 0) is 29.4 Å². The molecule has 3 N–H and O–H groups in total. The van der Waals surface area contributed by atoms with Crippen molar-refractivity contribution >= 4 is 27.9 Å². The Kier molecular flexibility index (Phi) is 10.6. The quantitative estimate of drug-likeness (QED) is 0.223. The summed E-state index contributed by atoms with van der Waals surface area (Å²) in [5.74, 6) is -4.55. The lowest BCUT2D eigenvalue weighted by molar-refractivity contribution is -0.162. The molecule has 17 heteroatoms. The number of likely N-dealkylation sites (tertiary alicyclic amines) is 1. The van der Waals surface area contributed by atoms with E-state index < -0.39 is 70.3 Å². The van der Waals surface area contributed by atoms with Crippen molar-refractivity contribution in [3.8, 4) is 11.3 Å². The van der Waals surface area contributed by atoms with Crippen LogP contribution in [0.1, 0.15) is 55.6 Å². The molecule has 4 atom stereocenters. The number of amides is 1. The number of carbonyl (C=O) groups excluding carboxylic acids is 1. The fourth-order valence-electron chi connectivity index (χ4n) is 6.35. The van der Waals surface area contributed by atoms with Crippen molar-refractivity contribution in [2.24, 2.45) is 12.2 Å². The Morgan fingerprint density at radius 2 is 1.54 bits per heavy atom. The van der Waals surface area contributed by atoms with Gasteiger partial charge in [-0.3, -0.25) is 24.0 Å². The molecule has 10 nitrogen and oxygen atoms in total. The second-order valence-corrected chi connectivity index (χ2v) is 14.2. The van der Waals surface area contributed by atoms with Gasteiger partial charge < -0.3 is 10.0 Å². The van der Waals surface area contributed by atoms with Gasteiger partial charge in [0.15, 0.2) is 5.52 Å². The Balaban J connectivity index is 1.30. The predicted molar refractivity (Wildman–Crippen MR) is 174 cm³/mol. The van der Waals surface area contributed by atoms with Crippen LogP contribution in [0.15, 0.2) is 65.7 Å². The first kappa shape index (κ1) is 37.2. The summed E-state index contributed by atoms with van der Waals surface area (Å²) in [5, 5.41) is 20.0. The third-order valence-electron chi connectivity index (χ3n) is 9.25. The molecular weight excluding hydrogens is 690 g/mol. The molecule has 0 spiro atoms. The number of alkyl halides is 6.